The molecule has 1 amide bonds. The third-order valence-electron chi connectivity index (χ3n) is 2.36. The van der Waals surface area contributed by atoms with Gasteiger partial charge in [-0.25, -0.2) is 0 Å². The Morgan fingerprint density at radius 1 is 1.37 bits per heavy atom. The maximum absolute atomic E-state index is 11.7. The van der Waals surface area contributed by atoms with Crippen molar-refractivity contribution in [1.29, 1.82) is 0 Å². The number of allylic oxidation sites excluding steroid dienone is 2. The topological polar surface area (TPSA) is 64.6 Å². The number of carbonyl (C=O) groups is 2. The van der Waals surface area contributed by atoms with Crippen LogP contribution in [0.25, 0.3) is 0 Å². The van der Waals surface area contributed by atoms with Crippen LogP contribution in [0.2, 0.25) is 4.18 Å². The second-order valence-corrected chi connectivity index (χ2v) is 12.8. The minimum absolute atomic E-state index is 0.188. The van der Waals surface area contributed by atoms with Gasteiger partial charge in [0.2, 0.25) is 0 Å². The molecule has 0 bridgehead atoms. The molecule has 1 heterocycles. The van der Waals surface area contributed by atoms with Crippen molar-refractivity contribution in [2.45, 2.75) is 37.5 Å². The van der Waals surface area contributed by atoms with E-state index in [1.165, 1.54) is 0 Å². The molecule has 1 rings (SSSR count). The first-order valence-corrected chi connectivity index (χ1v) is 12.2. The van der Waals surface area contributed by atoms with Crippen LogP contribution in [0.4, 0.5) is 4.79 Å². The number of amides is 1. The zero-order valence-electron chi connectivity index (χ0n) is 11.9. The van der Waals surface area contributed by atoms with E-state index in [1.54, 1.807) is 6.92 Å². The normalized spacial score (nSPS) is 14.1. The molecule has 0 unspecified atom stereocenters. The molecule has 6 heteroatoms. The number of esters is 1. The second-order valence-electron chi connectivity index (χ2n) is 5.25. The fourth-order valence-corrected chi connectivity index (χ4v) is 7.59. The summed E-state index contributed by atoms with van der Waals surface area (Å²) in [5.41, 5.74) is -0.525. The van der Waals surface area contributed by atoms with Gasteiger partial charge in [0.1, 0.15) is 0 Å². The number of rotatable bonds is 4. The Balaban J connectivity index is 2.50. The van der Waals surface area contributed by atoms with Gasteiger partial charge in [-0.05, 0) is 0 Å². The summed E-state index contributed by atoms with van der Waals surface area (Å²) in [6.45, 7) is 7.61. The first-order chi connectivity index (χ1) is 8.81. The zero-order chi connectivity index (χ0) is 14.5. The van der Waals surface area contributed by atoms with E-state index in [0.29, 0.717) is 10.8 Å². The quantitative estimate of drug-likeness (QED) is 0.771. The third-order valence-corrected chi connectivity index (χ3v) is 9.76. The minimum atomic E-state index is -2.36. The number of hydrogen-bond donors (Lipinski definition) is 1. The maximum atomic E-state index is 11.7. The van der Waals surface area contributed by atoms with E-state index in [1.807, 2.05) is 32.9 Å². The molecule has 104 valence electrons. The summed E-state index contributed by atoms with van der Waals surface area (Å²) < 4.78 is 13.5. The summed E-state index contributed by atoms with van der Waals surface area (Å²) in [4.78, 5) is 23.2. The Morgan fingerprint density at radius 2 is 2.05 bits per heavy atom. The molecule has 0 atom stereocenters. The second kappa shape index (κ2) is 7.03. The summed E-state index contributed by atoms with van der Waals surface area (Å²) in [5, 5.41) is 2.76. The van der Waals surface area contributed by atoms with Crippen molar-refractivity contribution < 1.29 is 19.1 Å². The van der Waals surface area contributed by atoms with Crippen molar-refractivity contribution in [3.05, 3.63) is 19.4 Å². The van der Waals surface area contributed by atoms with Gasteiger partial charge in [-0.15, -0.1) is 0 Å². The number of ether oxygens (including phenoxy) is 2. The van der Waals surface area contributed by atoms with Crippen molar-refractivity contribution >= 4 is 33.5 Å². The van der Waals surface area contributed by atoms with Crippen LogP contribution < -0.4 is 5.32 Å². The van der Waals surface area contributed by atoms with Gasteiger partial charge >= 0.3 is 121 Å². The van der Waals surface area contributed by atoms with Gasteiger partial charge in [-0.2, -0.15) is 0 Å². The molecule has 1 N–H and O–H groups in total. The summed E-state index contributed by atoms with van der Waals surface area (Å²) in [6.07, 6.45) is 3.28. The molecule has 5 nitrogen and oxygen atoms in total. The zero-order valence-corrected chi connectivity index (χ0v) is 15.2. The molecule has 1 aliphatic rings. The third kappa shape index (κ3) is 6.18. The first-order valence-electron chi connectivity index (χ1n) is 6.36. The van der Waals surface area contributed by atoms with Crippen LogP contribution in [-0.4, -0.2) is 45.7 Å². The molecule has 0 aliphatic carbocycles. The van der Waals surface area contributed by atoms with E-state index in [-0.39, 0.29) is 5.97 Å². The summed E-state index contributed by atoms with van der Waals surface area (Å²) in [5.74, 6) is -0.188. The average Bonchev–Trinajstić information content (AvgIpc) is 2.62. The molecule has 0 spiro atoms. The Labute approximate surface area is 121 Å². The van der Waals surface area contributed by atoms with Crippen LogP contribution in [0.3, 0.4) is 0 Å². The predicted octanol–water partition coefficient (Wildman–Crippen LogP) is 2.10. The van der Waals surface area contributed by atoms with Gasteiger partial charge in [0.25, 0.3) is 0 Å². The number of nitrogens with one attached hydrogen (secondary N) is 1. The summed E-state index contributed by atoms with van der Waals surface area (Å²) >= 11 is -2.36. The molecule has 1 aliphatic heterocycles. The van der Waals surface area contributed by atoms with Crippen LogP contribution in [0.1, 0.15) is 27.7 Å². The van der Waals surface area contributed by atoms with Crippen LogP contribution in [-0.2, 0) is 14.3 Å². The van der Waals surface area contributed by atoms with Crippen molar-refractivity contribution in [1.82, 2.24) is 5.32 Å². The number of alkyl carbamates (subject to hydrolysis) is 1. The number of carbonyl (C=O) groups excluding carboxylic acids is 2. The van der Waals surface area contributed by atoms with Crippen molar-refractivity contribution in [2.75, 3.05) is 6.61 Å². The summed E-state index contributed by atoms with van der Waals surface area (Å²) in [7, 11) is 0. The van der Waals surface area contributed by atoms with Gasteiger partial charge in [0, 0.05) is 0 Å². The van der Waals surface area contributed by atoms with E-state index in [4.69, 9.17) is 9.47 Å². The molecular formula is C13H20InNO4. The molecule has 0 aromatic heterocycles. The van der Waals surface area contributed by atoms with E-state index in [0.717, 1.165) is 3.45 Å². The van der Waals surface area contributed by atoms with Gasteiger partial charge in [0.15, 0.2) is 0 Å². The molecule has 0 saturated heterocycles. The fraction of sp³-hybridized carbons (Fsp3) is 0.538. The first kappa shape index (κ1) is 16.1. The van der Waals surface area contributed by atoms with E-state index >= 15 is 0 Å². The predicted molar refractivity (Wildman–Crippen MR) is 73.8 cm³/mol. The van der Waals surface area contributed by atoms with Gasteiger partial charge in [0.05, 0.1) is 0 Å². The molecule has 0 radical (unpaired) electrons. The molecule has 0 fully saturated rings. The van der Waals surface area contributed by atoms with Crippen molar-refractivity contribution in [3.63, 3.8) is 0 Å². The summed E-state index contributed by atoms with van der Waals surface area (Å²) in [6, 6.07) is 0. The van der Waals surface area contributed by atoms with Crippen molar-refractivity contribution in [3.8, 4) is 0 Å². The van der Waals surface area contributed by atoms with Crippen LogP contribution in [0, 0.1) is 0 Å². The Kier molecular flexibility index (Phi) is 5.97. The average molecular weight is 369 g/mol. The molecule has 0 aromatic rings. The Morgan fingerprint density at radius 3 is 2.63 bits per heavy atom. The van der Waals surface area contributed by atoms with Crippen LogP contribution in [0.5, 0.6) is 0 Å². The monoisotopic (exact) mass is 369 g/mol. The van der Waals surface area contributed by atoms with E-state index < -0.39 is 33.1 Å². The van der Waals surface area contributed by atoms with E-state index in [2.05, 4.69) is 9.15 Å². The van der Waals surface area contributed by atoms with Gasteiger partial charge in [-0.3, -0.25) is 0 Å². The van der Waals surface area contributed by atoms with E-state index in [9.17, 15) is 9.59 Å². The Hall–Kier alpha value is -0.910. The standard InChI is InChI=1S/C9H13NO2.C4H7O2.In/c1-5-6-7-10-8(11)12-9(2,3)4;1-3-6-4(2)5;/h1,5-6H,2-4H3,(H,10,11);2-3H2,1H3;. The number of hydrogen-bond acceptors (Lipinski definition) is 4. The van der Waals surface area contributed by atoms with Gasteiger partial charge < -0.3 is 0 Å². The van der Waals surface area contributed by atoms with Crippen LogP contribution in [0.15, 0.2) is 19.4 Å². The molecular weight excluding hydrogens is 349 g/mol. The Bertz CT molecular complexity index is 409. The fourth-order valence-electron chi connectivity index (χ4n) is 1.65. The molecule has 19 heavy (non-hydrogen) atoms. The van der Waals surface area contributed by atoms with Crippen LogP contribution >= 0.6 is 0 Å². The van der Waals surface area contributed by atoms with Gasteiger partial charge in [-0.1, -0.05) is 0 Å². The molecule has 0 aromatic carbocycles. The SMILES string of the molecule is CCOC(=O)[CH2][In]1[CH]=CC=[C]1NC(=O)OC(C)(C)C. The molecule has 0 saturated carbocycles. The van der Waals surface area contributed by atoms with Crippen molar-refractivity contribution in [2.24, 2.45) is 0 Å².